The van der Waals surface area contributed by atoms with Gasteiger partial charge in [0.25, 0.3) is 0 Å². The topological polar surface area (TPSA) is 49.4 Å². The maximum absolute atomic E-state index is 12.6. The molecule has 1 aliphatic carbocycles. The zero-order valence-corrected chi connectivity index (χ0v) is 13.9. The Morgan fingerprint density at radius 1 is 1.19 bits per heavy atom. The van der Waals surface area contributed by atoms with E-state index >= 15 is 0 Å². The molecule has 2 aliphatic rings. The van der Waals surface area contributed by atoms with Gasteiger partial charge in [0, 0.05) is 12.1 Å². The van der Waals surface area contributed by atoms with Gasteiger partial charge in [0.2, 0.25) is 11.8 Å². The van der Waals surface area contributed by atoms with Crippen molar-refractivity contribution in [2.24, 2.45) is 11.8 Å². The van der Waals surface area contributed by atoms with Crippen molar-refractivity contribution >= 4 is 11.8 Å². The van der Waals surface area contributed by atoms with Crippen LogP contribution < -0.4 is 5.32 Å². The zero-order chi connectivity index (χ0) is 15.6. The molecule has 4 nitrogen and oxygen atoms in total. The van der Waals surface area contributed by atoms with Crippen molar-refractivity contribution in [3.05, 3.63) is 0 Å². The van der Waals surface area contributed by atoms with Gasteiger partial charge in [-0.05, 0) is 31.1 Å². The van der Waals surface area contributed by atoms with Gasteiger partial charge in [-0.1, -0.05) is 40.5 Å². The fraction of sp³-hybridized carbons (Fsp3) is 0.882. The molecule has 0 bridgehead atoms. The molecule has 2 amide bonds. The third-order valence-corrected chi connectivity index (χ3v) is 5.61. The predicted octanol–water partition coefficient (Wildman–Crippen LogP) is 2.72. The molecule has 1 aliphatic heterocycles. The smallest absolute Gasteiger partial charge is 0.247 e. The Morgan fingerprint density at radius 3 is 2.48 bits per heavy atom. The lowest BCUT2D eigenvalue weighted by Gasteiger charge is -2.36. The van der Waals surface area contributed by atoms with Crippen LogP contribution >= 0.6 is 0 Å². The van der Waals surface area contributed by atoms with E-state index < -0.39 is 0 Å². The molecular weight excluding hydrogens is 264 g/mol. The Bertz CT molecular complexity index is 392. The van der Waals surface area contributed by atoms with Crippen molar-refractivity contribution in [1.29, 1.82) is 0 Å². The van der Waals surface area contributed by atoms with Gasteiger partial charge in [-0.3, -0.25) is 14.5 Å². The van der Waals surface area contributed by atoms with Gasteiger partial charge >= 0.3 is 0 Å². The van der Waals surface area contributed by atoms with Crippen LogP contribution in [0.4, 0.5) is 0 Å². The van der Waals surface area contributed by atoms with Crippen LogP contribution in [0, 0.1) is 11.8 Å². The van der Waals surface area contributed by atoms with E-state index in [1.165, 1.54) is 17.7 Å². The predicted molar refractivity (Wildman–Crippen MR) is 83.7 cm³/mol. The van der Waals surface area contributed by atoms with Crippen LogP contribution in [0.2, 0.25) is 0 Å². The molecule has 0 aromatic carbocycles. The summed E-state index contributed by atoms with van der Waals surface area (Å²) in [7, 11) is 0. The van der Waals surface area contributed by atoms with Gasteiger partial charge in [-0.15, -0.1) is 0 Å². The van der Waals surface area contributed by atoms with Crippen molar-refractivity contribution in [3.63, 3.8) is 0 Å². The average molecular weight is 294 g/mol. The summed E-state index contributed by atoms with van der Waals surface area (Å²) >= 11 is 0. The van der Waals surface area contributed by atoms with E-state index in [1.54, 1.807) is 0 Å². The summed E-state index contributed by atoms with van der Waals surface area (Å²) in [4.78, 5) is 26.3. The molecule has 1 saturated carbocycles. The second-order valence-corrected chi connectivity index (χ2v) is 6.87. The van der Waals surface area contributed by atoms with Crippen LogP contribution in [0.25, 0.3) is 0 Å². The van der Waals surface area contributed by atoms with Gasteiger partial charge in [0.05, 0.1) is 12.5 Å². The molecule has 120 valence electrons. The number of nitrogens with zero attached hydrogens (tertiary/aromatic N) is 1. The van der Waals surface area contributed by atoms with E-state index in [-0.39, 0.29) is 23.9 Å². The molecule has 0 aromatic rings. The van der Waals surface area contributed by atoms with E-state index in [0.717, 1.165) is 19.3 Å². The van der Waals surface area contributed by atoms with Crippen molar-refractivity contribution < 1.29 is 9.59 Å². The fourth-order valence-electron chi connectivity index (χ4n) is 3.89. The van der Waals surface area contributed by atoms with Crippen LogP contribution in [-0.4, -0.2) is 34.8 Å². The molecule has 1 heterocycles. The van der Waals surface area contributed by atoms with Crippen molar-refractivity contribution in [3.8, 4) is 0 Å². The fourth-order valence-corrected chi connectivity index (χ4v) is 3.89. The monoisotopic (exact) mass is 294 g/mol. The van der Waals surface area contributed by atoms with Gasteiger partial charge in [-0.2, -0.15) is 0 Å². The lowest BCUT2D eigenvalue weighted by molar-refractivity contribution is -0.141. The summed E-state index contributed by atoms with van der Waals surface area (Å²) in [6, 6.07) is 0.146. The number of rotatable bonds is 5. The maximum atomic E-state index is 12.6. The highest BCUT2D eigenvalue weighted by Gasteiger charge is 2.43. The van der Waals surface area contributed by atoms with Crippen molar-refractivity contribution in [1.82, 2.24) is 10.2 Å². The first kappa shape index (κ1) is 16.5. The Labute approximate surface area is 128 Å². The zero-order valence-electron chi connectivity index (χ0n) is 13.9. The van der Waals surface area contributed by atoms with E-state index in [9.17, 15) is 9.59 Å². The van der Waals surface area contributed by atoms with Crippen LogP contribution in [-0.2, 0) is 9.59 Å². The summed E-state index contributed by atoms with van der Waals surface area (Å²) in [6.45, 7) is 8.64. The van der Waals surface area contributed by atoms with Gasteiger partial charge < -0.3 is 5.32 Å². The minimum absolute atomic E-state index is 0.000809. The first-order chi connectivity index (χ1) is 9.99. The van der Waals surface area contributed by atoms with Crippen LogP contribution in [0.15, 0.2) is 0 Å². The number of carbonyl (C=O) groups is 2. The highest BCUT2D eigenvalue weighted by molar-refractivity contribution is 6.05. The summed E-state index contributed by atoms with van der Waals surface area (Å²) in [5, 5.41) is 3.50. The molecule has 1 N–H and O–H groups in total. The Balaban J connectivity index is 2.02. The van der Waals surface area contributed by atoms with E-state index in [0.29, 0.717) is 24.3 Å². The Hall–Kier alpha value is -0.900. The molecule has 0 spiro atoms. The van der Waals surface area contributed by atoms with Crippen LogP contribution in [0.5, 0.6) is 0 Å². The molecule has 4 unspecified atom stereocenters. The average Bonchev–Trinajstić information content (AvgIpc) is 2.73. The lowest BCUT2D eigenvalue weighted by atomic mass is 9.78. The third kappa shape index (κ3) is 3.31. The Kier molecular flexibility index (Phi) is 5.42. The molecule has 0 radical (unpaired) electrons. The number of carbonyl (C=O) groups excluding carboxylic acids is 2. The number of imide groups is 1. The summed E-state index contributed by atoms with van der Waals surface area (Å²) < 4.78 is 0. The molecule has 0 aromatic heterocycles. The summed E-state index contributed by atoms with van der Waals surface area (Å²) in [5.41, 5.74) is 0. The normalized spacial score (nSPS) is 34.0. The molecule has 2 rings (SSSR count). The van der Waals surface area contributed by atoms with E-state index in [4.69, 9.17) is 0 Å². The maximum Gasteiger partial charge on any atom is 0.247 e. The number of amides is 2. The first-order valence-electron chi connectivity index (χ1n) is 8.61. The molecule has 4 heteroatoms. The Morgan fingerprint density at radius 2 is 1.86 bits per heavy atom. The highest BCUT2D eigenvalue weighted by Crippen LogP contribution is 2.31. The second-order valence-electron chi connectivity index (χ2n) is 6.87. The number of nitrogens with one attached hydrogen (secondary N) is 1. The molecular formula is C17H30N2O2. The van der Waals surface area contributed by atoms with Crippen LogP contribution in [0.3, 0.4) is 0 Å². The van der Waals surface area contributed by atoms with Crippen molar-refractivity contribution in [2.45, 2.75) is 84.3 Å². The van der Waals surface area contributed by atoms with Gasteiger partial charge in [-0.25, -0.2) is 0 Å². The summed E-state index contributed by atoms with van der Waals surface area (Å²) in [6.07, 6.45) is 5.64. The van der Waals surface area contributed by atoms with Gasteiger partial charge in [0.1, 0.15) is 0 Å². The number of hydrogen-bond donors (Lipinski definition) is 1. The molecule has 1 saturated heterocycles. The molecule has 4 atom stereocenters. The third-order valence-electron chi connectivity index (χ3n) is 5.61. The molecule has 2 fully saturated rings. The summed E-state index contributed by atoms with van der Waals surface area (Å²) in [5.74, 6) is 1.27. The van der Waals surface area contributed by atoms with E-state index in [2.05, 4.69) is 19.2 Å². The van der Waals surface area contributed by atoms with Crippen molar-refractivity contribution in [2.75, 3.05) is 0 Å². The van der Waals surface area contributed by atoms with Crippen LogP contribution in [0.1, 0.15) is 66.2 Å². The van der Waals surface area contributed by atoms with Gasteiger partial charge in [0.15, 0.2) is 0 Å². The highest BCUT2D eigenvalue weighted by atomic mass is 16.2. The standard InChI is InChI=1S/C17H30N2O2/c1-5-13(6-2)19-16(20)10-15(17(19)21)18-14-9-7-8-11(3)12(14)4/h11-15,18H,5-10H2,1-4H3. The minimum Gasteiger partial charge on any atom is -0.302 e. The first-order valence-corrected chi connectivity index (χ1v) is 8.61. The quantitative estimate of drug-likeness (QED) is 0.793. The second kappa shape index (κ2) is 6.91. The SMILES string of the molecule is CCC(CC)N1C(=O)CC(NC2CCCC(C)C2C)C1=O. The minimum atomic E-state index is -0.296. The molecule has 21 heavy (non-hydrogen) atoms. The number of likely N-dealkylation sites (tertiary alicyclic amines) is 1. The number of hydrogen-bond acceptors (Lipinski definition) is 3. The van der Waals surface area contributed by atoms with E-state index in [1.807, 2.05) is 13.8 Å². The largest absolute Gasteiger partial charge is 0.302 e. The lowest BCUT2D eigenvalue weighted by Crippen LogP contribution is -2.50.